The predicted octanol–water partition coefficient (Wildman–Crippen LogP) is -0.168. The molecule has 0 amide bonds. The lowest BCUT2D eigenvalue weighted by molar-refractivity contribution is 0.280. The molecule has 0 aliphatic heterocycles. The number of nitrogens with two attached hydrogens (primary N) is 1. The van der Waals surface area contributed by atoms with Crippen molar-refractivity contribution in [3.8, 4) is 0 Å². The Morgan fingerprint density at radius 3 is 2.70 bits per heavy atom. The van der Waals surface area contributed by atoms with Gasteiger partial charge in [-0.05, 0) is 25.8 Å². The van der Waals surface area contributed by atoms with Gasteiger partial charge in [0.25, 0.3) is 0 Å². The van der Waals surface area contributed by atoms with Gasteiger partial charge in [-0.1, -0.05) is 13.3 Å². The number of anilines is 1. The van der Waals surface area contributed by atoms with Crippen molar-refractivity contribution >= 4 is 5.95 Å². The normalized spacial score (nSPS) is 12.3. The minimum atomic E-state index is -0.0606. The average Bonchev–Trinajstić information content (AvgIpc) is 2.59. The molecule has 0 aromatic carbocycles. The minimum Gasteiger partial charge on any atom is -0.395 e. The Bertz CT molecular complexity index is 413. The number of nitrogens with zero attached hydrogens (tertiary/aromatic N) is 4. The maximum Gasteiger partial charge on any atom is 0.228 e. The SMILES string of the molecule is CCCCN(CCO)c1ncnc(C(CCCN)NCCO)n1. The highest BCUT2D eigenvalue weighted by Crippen LogP contribution is 2.16. The van der Waals surface area contributed by atoms with Crippen molar-refractivity contribution in [2.24, 2.45) is 5.73 Å². The molecule has 1 rings (SSSR count). The van der Waals surface area contributed by atoms with E-state index < -0.39 is 0 Å². The summed E-state index contributed by atoms with van der Waals surface area (Å²) in [7, 11) is 0. The lowest BCUT2D eigenvalue weighted by Crippen LogP contribution is -2.31. The third-order valence-electron chi connectivity index (χ3n) is 3.52. The summed E-state index contributed by atoms with van der Waals surface area (Å²) >= 11 is 0. The molecule has 0 spiro atoms. The van der Waals surface area contributed by atoms with Crippen LogP contribution in [-0.2, 0) is 0 Å². The van der Waals surface area contributed by atoms with Gasteiger partial charge in [0.05, 0.1) is 19.3 Å². The van der Waals surface area contributed by atoms with Gasteiger partial charge in [0.15, 0.2) is 5.82 Å². The van der Waals surface area contributed by atoms with Crippen LogP contribution in [0.4, 0.5) is 5.95 Å². The summed E-state index contributed by atoms with van der Waals surface area (Å²) in [5.74, 6) is 1.23. The highest BCUT2D eigenvalue weighted by Gasteiger charge is 2.16. The van der Waals surface area contributed by atoms with Crippen LogP contribution in [0.25, 0.3) is 0 Å². The second kappa shape index (κ2) is 12.1. The van der Waals surface area contributed by atoms with Crippen LogP contribution in [0.15, 0.2) is 6.33 Å². The Morgan fingerprint density at radius 2 is 2.04 bits per heavy atom. The van der Waals surface area contributed by atoms with Gasteiger partial charge in [-0.15, -0.1) is 0 Å². The number of unbranched alkanes of at least 4 members (excludes halogenated alkanes) is 1. The van der Waals surface area contributed by atoms with Crippen molar-refractivity contribution < 1.29 is 10.2 Å². The Hall–Kier alpha value is -1.35. The van der Waals surface area contributed by atoms with E-state index in [-0.39, 0.29) is 19.3 Å². The van der Waals surface area contributed by atoms with Crippen LogP contribution >= 0.6 is 0 Å². The van der Waals surface area contributed by atoms with Crippen molar-refractivity contribution in [3.63, 3.8) is 0 Å². The molecule has 0 fully saturated rings. The first-order valence-electron chi connectivity index (χ1n) is 8.35. The minimum absolute atomic E-state index is 0.0596. The summed E-state index contributed by atoms with van der Waals surface area (Å²) in [6.45, 7) is 4.62. The molecule has 0 saturated heterocycles. The molecule has 1 unspecified atom stereocenters. The van der Waals surface area contributed by atoms with Crippen LogP contribution in [0.5, 0.6) is 0 Å². The van der Waals surface area contributed by atoms with Crippen LogP contribution in [0.3, 0.4) is 0 Å². The quantitative estimate of drug-likeness (QED) is 0.394. The van der Waals surface area contributed by atoms with E-state index in [1.807, 2.05) is 4.90 Å². The number of rotatable bonds is 13. The zero-order chi connectivity index (χ0) is 16.9. The fraction of sp³-hybridized carbons (Fsp3) is 0.800. The summed E-state index contributed by atoms with van der Waals surface area (Å²) in [4.78, 5) is 15.0. The first-order valence-corrected chi connectivity index (χ1v) is 8.35. The Balaban J connectivity index is 2.88. The molecule has 0 saturated carbocycles. The third-order valence-corrected chi connectivity index (χ3v) is 3.52. The van der Waals surface area contributed by atoms with Gasteiger partial charge in [-0.25, -0.2) is 9.97 Å². The van der Waals surface area contributed by atoms with Gasteiger partial charge in [-0.2, -0.15) is 4.98 Å². The van der Waals surface area contributed by atoms with Crippen molar-refractivity contribution in [3.05, 3.63) is 12.2 Å². The van der Waals surface area contributed by atoms with Crippen LogP contribution < -0.4 is 16.0 Å². The predicted molar refractivity (Wildman–Crippen MR) is 90.2 cm³/mol. The van der Waals surface area contributed by atoms with Crippen molar-refractivity contribution in [1.82, 2.24) is 20.3 Å². The number of hydrogen-bond donors (Lipinski definition) is 4. The first kappa shape index (κ1) is 19.7. The monoisotopic (exact) mass is 326 g/mol. The van der Waals surface area contributed by atoms with E-state index in [0.717, 1.165) is 32.2 Å². The summed E-state index contributed by atoms with van der Waals surface area (Å²) in [6, 6.07) is -0.0606. The van der Waals surface area contributed by atoms with Crippen LogP contribution in [0.2, 0.25) is 0 Å². The zero-order valence-electron chi connectivity index (χ0n) is 14.0. The second-order valence-electron chi connectivity index (χ2n) is 5.37. The first-order chi connectivity index (χ1) is 11.3. The van der Waals surface area contributed by atoms with Gasteiger partial charge in [0, 0.05) is 19.6 Å². The third kappa shape index (κ3) is 7.17. The molecule has 0 radical (unpaired) electrons. The van der Waals surface area contributed by atoms with E-state index in [2.05, 4.69) is 27.2 Å². The molecular formula is C15H30N6O2. The van der Waals surface area contributed by atoms with E-state index in [9.17, 15) is 5.11 Å². The Kier molecular flexibility index (Phi) is 10.4. The molecular weight excluding hydrogens is 296 g/mol. The van der Waals surface area contributed by atoms with E-state index in [0.29, 0.717) is 31.4 Å². The molecule has 5 N–H and O–H groups in total. The largest absolute Gasteiger partial charge is 0.395 e. The molecule has 8 heteroatoms. The van der Waals surface area contributed by atoms with Crippen LogP contribution in [0, 0.1) is 0 Å². The summed E-state index contributed by atoms with van der Waals surface area (Å²) in [6.07, 6.45) is 5.23. The maximum atomic E-state index is 9.24. The number of aromatic nitrogens is 3. The topological polar surface area (TPSA) is 120 Å². The molecule has 0 aliphatic carbocycles. The van der Waals surface area contributed by atoms with Gasteiger partial charge in [-0.3, -0.25) is 0 Å². The standard InChI is InChI=1S/C15H30N6O2/c1-2-3-8-21(9-11-23)15-19-12-18-14(20-15)13(5-4-6-16)17-7-10-22/h12-13,17,22-23H,2-11,16H2,1H3. The molecule has 23 heavy (non-hydrogen) atoms. The molecule has 1 aromatic heterocycles. The summed E-state index contributed by atoms with van der Waals surface area (Å²) in [5, 5.41) is 21.5. The molecule has 132 valence electrons. The van der Waals surface area contributed by atoms with E-state index >= 15 is 0 Å². The Morgan fingerprint density at radius 1 is 1.22 bits per heavy atom. The molecule has 1 aromatic rings. The molecule has 8 nitrogen and oxygen atoms in total. The molecule has 1 atom stereocenters. The lowest BCUT2D eigenvalue weighted by atomic mass is 10.1. The number of aliphatic hydroxyl groups excluding tert-OH is 2. The van der Waals surface area contributed by atoms with E-state index in [1.165, 1.54) is 6.33 Å². The highest BCUT2D eigenvalue weighted by atomic mass is 16.3. The fourth-order valence-corrected chi connectivity index (χ4v) is 2.28. The van der Waals surface area contributed by atoms with Crippen molar-refractivity contribution in [2.75, 3.05) is 44.3 Å². The van der Waals surface area contributed by atoms with Gasteiger partial charge < -0.3 is 26.2 Å². The van der Waals surface area contributed by atoms with Gasteiger partial charge in [0.2, 0.25) is 5.95 Å². The maximum absolute atomic E-state index is 9.24. The van der Waals surface area contributed by atoms with Gasteiger partial charge in [0.1, 0.15) is 6.33 Å². The number of nitrogens with one attached hydrogen (secondary N) is 1. The summed E-state index contributed by atoms with van der Waals surface area (Å²) < 4.78 is 0. The van der Waals surface area contributed by atoms with Crippen molar-refractivity contribution in [2.45, 2.75) is 38.6 Å². The lowest BCUT2D eigenvalue weighted by Gasteiger charge is -2.23. The molecule has 1 heterocycles. The summed E-state index contributed by atoms with van der Waals surface area (Å²) in [5.41, 5.74) is 5.59. The van der Waals surface area contributed by atoms with E-state index in [4.69, 9.17) is 10.8 Å². The number of aliphatic hydroxyl groups is 2. The number of hydrogen-bond acceptors (Lipinski definition) is 8. The Labute approximate surface area is 138 Å². The van der Waals surface area contributed by atoms with Crippen LogP contribution in [0.1, 0.15) is 44.5 Å². The average molecular weight is 326 g/mol. The highest BCUT2D eigenvalue weighted by molar-refractivity contribution is 5.28. The zero-order valence-corrected chi connectivity index (χ0v) is 14.0. The fourth-order valence-electron chi connectivity index (χ4n) is 2.28. The van der Waals surface area contributed by atoms with Crippen molar-refractivity contribution in [1.29, 1.82) is 0 Å². The van der Waals surface area contributed by atoms with Crippen LogP contribution in [-0.4, -0.2) is 64.6 Å². The second-order valence-corrected chi connectivity index (χ2v) is 5.37. The smallest absolute Gasteiger partial charge is 0.228 e. The van der Waals surface area contributed by atoms with E-state index in [1.54, 1.807) is 0 Å². The molecule has 0 aliphatic rings. The molecule has 0 bridgehead atoms. The van der Waals surface area contributed by atoms with Gasteiger partial charge >= 0.3 is 0 Å².